The Morgan fingerprint density at radius 2 is 2.40 bits per heavy atom. The first-order valence-corrected chi connectivity index (χ1v) is 2.80. The molecule has 0 rings (SSSR count). The first-order chi connectivity index (χ1) is 4.70. The van der Waals surface area contributed by atoms with E-state index in [0.29, 0.717) is 0 Å². The molecule has 0 aromatic carbocycles. The van der Waals surface area contributed by atoms with Crippen molar-refractivity contribution in [3.8, 4) is 6.07 Å². The molecule has 0 aliphatic carbocycles. The van der Waals surface area contributed by atoms with E-state index in [1.165, 1.54) is 7.11 Å². The second-order valence-corrected chi connectivity index (χ2v) is 1.63. The maximum absolute atomic E-state index is 10.5. The Morgan fingerprint density at radius 1 is 1.80 bits per heavy atom. The lowest BCUT2D eigenvalue weighted by Crippen LogP contribution is -2.15. The van der Waals surface area contributed by atoms with Crippen molar-refractivity contribution in [2.24, 2.45) is 0 Å². The largest absolute Gasteiger partial charge is 0.435 e. The van der Waals surface area contributed by atoms with Crippen LogP contribution in [-0.4, -0.2) is 19.4 Å². The topological polar surface area (TPSA) is 59.3 Å². The number of hydrogen-bond acceptors (Lipinski definition) is 4. The number of carbonyl (C=O) groups is 1. The Kier molecular flexibility index (Phi) is 4.25. The zero-order chi connectivity index (χ0) is 7.98. The maximum Gasteiger partial charge on any atom is 0.322 e. The lowest BCUT2D eigenvalue weighted by atomic mass is 10.5. The molecule has 0 saturated heterocycles. The Labute approximate surface area is 59.3 Å². The minimum Gasteiger partial charge on any atom is -0.435 e. The van der Waals surface area contributed by atoms with E-state index in [0.717, 1.165) is 0 Å². The van der Waals surface area contributed by atoms with Crippen LogP contribution in [0, 0.1) is 11.3 Å². The van der Waals surface area contributed by atoms with E-state index >= 15 is 0 Å². The summed E-state index contributed by atoms with van der Waals surface area (Å²) in [4.78, 5) is 10.5. The lowest BCUT2D eigenvalue weighted by Gasteiger charge is -2.08. The summed E-state index contributed by atoms with van der Waals surface area (Å²) in [5.41, 5.74) is 0. The third-order valence-corrected chi connectivity index (χ3v) is 0.853. The van der Waals surface area contributed by atoms with Gasteiger partial charge in [0.15, 0.2) is 6.29 Å². The van der Waals surface area contributed by atoms with Gasteiger partial charge in [0.25, 0.3) is 0 Å². The van der Waals surface area contributed by atoms with Gasteiger partial charge in [-0.1, -0.05) is 0 Å². The molecule has 0 spiro atoms. The highest BCUT2D eigenvalue weighted by Gasteiger charge is 2.05. The van der Waals surface area contributed by atoms with E-state index in [9.17, 15) is 4.79 Å². The van der Waals surface area contributed by atoms with Gasteiger partial charge in [0.2, 0.25) is 0 Å². The van der Waals surface area contributed by atoms with Gasteiger partial charge in [-0.25, -0.2) is 0 Å². The van der Waals surface area contributed by atoms with Crippen LogP contribution in [0.3, 0.4) is 0 Å². The Hall–Kier alpha value is -1.08. The fraction of sp³-hybridized carbons (Fsp3) is 0.667. The number of esters is 1. The molecular formula is C6H9NO3. The predicted molar refractivity (Wildman–Crippen MR) is 32.8 cm³/mol. The number of ether oxygens (including phenoxy) is 2. The van der Waals surface area contributed by atoms with Crippen LogP contribution < -0.4 is 0 Å². The Morgan fingerprint density at radius 3 is 2.80 bits per heavy atom. The second-order valence-electron chi connectivity index (χ2n) is 1.63. The third kappa shape index (κ3) is 3.87. The van der Waals surface area contributed by atoms with Crippen LogP contribution >= 0.6 is 0 Å². The molecule has 0 saturated carbocycles. The molecular weight excluding hydrogens is 134 g/mol. The summed E-state index contributed by atoms with van der Waals surface area (Å²) < 4.78 is 9.17. The van der Waals surface area contributed by atoms with Crippen molar-refractivity contribution in [1.29, 1.82) is 5.26 Å². The monoisotopic (exact) mass is 143 g/mol. The number of carbonyl (C=O) groups excluding carboxylic acids is 1. The van der Waals surface area contributed by atoms with Gasteiger partial charge in [0.1, 0.15) is 6.42 Å². The fourth-order valence-corrected chi connectivity index (χ4v) is 0.339. The third-order valence-electron chi connectivity index (χ3n) is 0.853. The summed E-state index contributed by atoms with van der Waals surface area (Å²) in [6, 6.07) is 1.67. The molecule has 0 bridgehead atoms. The minimum absolute atomic E-state index is 0.228. The molecule has 0 aliphatic heterocycles. The van der Waals surface area contributed by atoms with E-state index in [1.807, 2.05) is 0 Å². The van der Waals surface area contributed by atoms with Gasteiger partial charge < -0.3 is 9.47 Å². The summed E-state index contributed by atoms with van der Waals surface area (Å²) in [5, 5.41) is 8.03. The Balaban J connectivity index is 3.49. The highest BCUT2D eigenvalue weighted by atomic mass is 16.7. The standard InChI is InChI=1S/C6H9NO3/c1-5(9-2)10-6(8)3-4-7/h5H,3H2,1-2H3. The van der Waals surface area contributed by atoms with Crippen LogP contribution in [0.4, 0.5) is 0 Å². The van der Waals surface area contributed by atoms with E-state index in [-0.39, 0.29) is 6.42 Å². The van der Waals surface area contributed by atoms with E-state index in [2.05, 4.69) is 9.47 Å². The van der Waals surface area contributed by atoms with Gasteiger partial charge in [-0.05, 0) is 6.92 Å². The number of nitriles is 1. The molecule has 4 heteroatoms. The molecule has 0 heterocycles. The SMILES string of the molecule is COC(C)OC(=O)CC#N. The molecule has 0 aromatic rings. The first-order valence-electron chi connectivity index (χ1n) is 2.80. The van der Waals surface area contributed by atoms with Crippen molar-refractivity contribution < 1.29 is 14.3 Å². The molecule has 4 nitrogen and oxygen atoms in total. The fourth-order valence-electron chi connectivity index (χ4n) is 0.339. The van der Waals surface area contributed by atoms with Crippen molar-refractivity contribution in [1.82, 2.24) is 0 Å². The van der Waals surface area contributed by atoms with Crippen molar-refractivity contribution >= 4 is 5.97 Å². The zero-order valence-corrected chi connectivity index (χ0v) is 5.96. The van der Waals surface area contributed by atoms with Crippen LogP contribution in [0.5, 0.6) is 0 Å². The smallest absolute Gasteiger partial charge is 0.322 e. The van der Waals surface area contributed by atoms with Gasteiger partial charge in [-0.2, -0.15) is 5.26 Å². The molecule has 1 unspecified atom stereocenters. The summed E-state index contributed by atoms with van der Waals surface area (Å²) in [5.74, 6) is -0.558. The van der Waals surface area contributed by atoms with Crippen LogP contribution in [0.25, 0.3) is 0 Å². The van der Waals surface area contributed by atoms with Crippen molar-refractivity contribution in [3.05, 3.63) is 0 Å². The van der Waals surface area contributed by atoms with Crippen molar-refractivity contribution in [2.45, 2.75) is 19.6 Å². The van der Waals surface area contributed by atoms with Gasteiger partial charge in [-0.15, -0.1) is 0 Å². The molecule has 1 atom stereocenters. The molecule has 0 N–H and O–H groups in total. The van der Waals surface area contributed by atoms with Crippen LogP contribution in [0.15, 0.2) is 0 Å². The molecule has 10 heavy (non-hydrogen) atoms. The highest BCUT2D eigenvalue weighted by molar-refractivity contribution is 5.71. The molecule has 0 aliphatic rings. The van der Waals surface area contributed by atoms with Crippen LogP contribution in [-0.2, 0) is 14.3 Å². The van der Waals surface area contributed by atoms with Gasteiger partial charge >= 0.3 is 5.97 Å². The highest BCUT2D eigenvalue weighted by Crippen LogP contribution is 1.93. The van der Waals surface area contributed by atoms with Crippen LogP contribution in [0.1, 0.15) is 13.3 Å². The van der Waals surface area contributed by atoms with E-state index in [1.54, 1.807) is 13.0 Å². The van der Waals surface area contributed by atoms with Gasteiger partial charge in [0, 0.05) is 7.11 Å². The van der Waals surface area contributed by atoms with Gasteiger partial charge in [0.05, 0.1) is 6.07 Å². The number of rotatable bonds is 3. The molecule has 0 fully saturated rings. The maximum atomic E-state index is 10.5. The van der Waals surface area contributed by atoms with E-state index < -0.39 is 12.3 Å². The van der Waals surface area contributed by atoms with Crippen LogP contribution in [0.2, 0.25) is 0 Å². The minimum atomic E-state index is -0.569. The number of hydrogen-bond donors (Lipinski definition) is 0. The summed E-state index contributed by atoms with van der Waals surface area (Å²) in [6.07, 6.45) is -0.797. The first kappa shape index (κ1) is 8.92. The molecule has 0 amide bonds. The normalized spacial score (nSPS) is 11.7. The quantitative estimate of drug-likeness (QED) is 0.424. The van der Waals surface area contributed by atoms with E-state index in [4.69, 9.17) is 5.26 Å². The zero-order valence-electron chi connectivity index (χ0n) is 5.96. The van der Waals surface area contributed by atoms with Crippen molar-refractivity contribution in [3.63, 3.8) is 0 Å². The summed E-state index contributed by atoms with van der Waals surface area (Å²) in [7, 11) is 1.42. The number of nitrogens with zero attached hydrogens (tertiary/aromatic N) is 1. The predicted octanol–water partition coefficient (Wildman–Crippen LogP) is 0.436. The molecule has 56 valence electrons. The average Bonchev–Trinajstić information content (AvgIpc) is 1.88. The number of methoxy groups -OCH3 is 1. The lowest BCUT2D eigenvalue weighted by molar-refractivity contribution is -0.168. The Bertz CT molecular complexity index is 150. The molecule has 0 aromatic heterocycles. The summed E-state index contributed by atoms with van der Waals surface area (Å²) in [6.45, 7) is 1.58. The summed E-state index contributed by atoms with van der Waals surface area (Å²) >= 11 is 0. The second kappa shape index (κ2) is 4.77. The average molecular weight is 143 g/mol. The van der Waals surface area contributed by atoms with Gasteiger partial charge in [-0.3, -0.25) is 4.79 Å². The molecule has 0 radical (unpaired) electrons. The van der Waals surface area contributed by atoms with Crippen molar-refractivity contribution in [2.75, 3.05) is 7.11 Å².